The van der Waals surface area contributed by atoms with Crippen LogP contribution in [0.5, 0.6) is 5.75 Å². The van der Waals surface area contributed by atoms with Gasteiger partial charge in [0.2, 0.25) is 5.91 Å². The Balaban J connectivity index is 1.40. The highest BCUT2D eigenvalue weighted by molar-refractivity contribution is 5.76. The summed E-state index contributed by atoms with van der Waals surface area (Å²) in [6.07, 6.45) is 6.80. The summed E-state index contributed by atoms with van der Waals surface area (Å²) in [5.74, 6) is 4.51. The van der Waals surface area contributed by atoms with Crippen molar-refractivity contribution in [2.24, 2.45) is 23.7 Å². The molecule has 3 atom stereocenters. The number of likely N-dealkylation sites (tertiary alicyclic amines) is 1. The number of piperidine rings is 1. The molecule has 1 saturated heterocycles. The molecule has 1 amide bonds. The van der Waals surface area contributed by atoms with Gasteiger partial charge in [-0.15, -0.1) is 0 Å². The van der Waals surface area contributed by atoms with E-state index in [4.69, 9.17) is 9.72 Å². The van der Waals surface area contributed by atoms with E-state index < -0.39 is 0 Å². The molecule has 1 aromatic heterocycles. The van der Waals surface area contributed by atoms with Crippen LogP contribution < -0.4 is 10.1 Å². The van der Waals surface area contributed by atoms with E-state index in [1.54, 1.807) is 14.0 Å². The highest BCUT2D eigenvalue weighted by Gasteiger charge is 2.32. The maximum absolute atomic E-state index is 11.6. The number of rotatable bonds is 7. The summed E-state index contributed by atoms with van der Waals surface area (Å²) in [7, 11) is 1.70. The van der Waals surface area contributed by atoms with Gasteiger partial charge in [-0.05, 0) is 62.0 Å². The summed E-state index contributed by atoms with van der Waals surface area (Å²) in [6.45, 7) is 11.5. The van der Waals surface area contributed by atoms with Crippen molar-refractivity contribution < 1.29 is 9.53 Å². The van der Waals surface area contributed by atoms with Gasteiger partial charge in [-0.2, -0.15) is 0 Å². The minimum absolute atomic E-state index is 0.203. The molecular weight excluding hydrogens is 412 g/mol. The number of carbonyl (C=O) groups is 1. The molecule has 1 fully saturated rings. The molecule has 2 aliphatic rings. The third kappa shape index (κ3) is 5.60. The van der Waals surface area contributed by atoms with Crippen LogP contribution >= 0.6 is 0 Å². The first-order chi connectivity index (χ1) is 15.8. The lowest BCUT2D eigenvalue weighted by Gasteiger charge is -2.39. The number of hydrogen-bond acceptors (Lipinski definition) is 4. The van der Waals surface area contributed by atoms with Crippen molar-refractivity contribution in [1.29, 1.82) is 0 Å². The number of nitrogens with zero attached hydrogens (tertiary/aromatic N) is 2. The van der Waals surface area contributed by atoms with E-state index in [0.717, 1.165) is 61.5 Å². The Kier molecular flexibility index (Phi) is 7.42. The number of allylic oxidation sites excluding steroid dienone is 1. The Morgan fingerprint density at radius 2 is 2.06 bits per heavy atom. The zero-order valence-electron chi connectivity index (χ0n) is 20.9. The fourth-order valence-corrected chi connectivity index (χ4v) is 5.71. The molecule has 6 nitrogen and oxygen atoms in total. The number of amides is 1. The summed E-state index contributed by atoms with van der Waals surface area (Å²) in [5, 5.41) is 3.84. The lowest BCUT2D eigenvalue weighted by molar-refractivity contribution is -0.129. The summed E-state index contributed by atoms with van der Waals surface area (Å²) < 4.78 is 5.35. The van der Waals surface area contributed by atoms with E-state index in [1.165, 1.54) is 12.0 Å². The van der Waals surface area contributed by atoms with E-state index >= 15 is 0 Å². The Labute approximate surface area is 198 Å². The minimum atomic E-state index is 0.203. The van der Waals surface area contributed by atoms with Crippen molar-refractivity contribution >= 4 is 16.9 Å². The fraction of sp³-hybridized carbons (Fsp3) is 0.630. The number of aromatic nitrogens is 2. The van der Waals surface area contributed by atoms with Gasteiger partial charge in [0.15, 0.2) is 0 Å². The highest BCUT2D eigenvalue weighted by Crippen LogP contribution is 2.39. The minimum Gasteiger partial charge on any atom is -0.497 e. The zero-order valence-corrected chi connectivity index (χ0v) is 20.9. The SMILES string of the molecule is COc1ccc2nc(C[C@@H]3C[C@@H](C(C)C)[C@H](CNC4CCN(C(C)=O)CC4)C=C3C)[nH]c2c1. The van der Waals surface area contributed by atoms with E-state index in [2.05, 4.69) is 37.1 Å². The average molecular weight is 453 g/mol. The molecule has 0 bridgehead atoms. The number of hydrogen-bond donors (Lipinski definition) is 2. The molecule has 0 unspecified atom stereocenters. The lowest BCUT2D eigenvalue weighted by Crippen LogP contribution is -2.46. The predicted molar refractivity (Wildman–Crippen MR) is 133 cm³/mol. The number of imidazole rings is 1. The number of H-pyrrole nitrogens is 1. The third-order valence-corrected chi connectivity index (χ3v) is 7.84. The normalized spacial score (nSPS) is 24.4. The van der Waals surface area contributed by atoms with Gasteiger partial charge in [0.25, 0.3) is 0 Å². The van der Waals surface area contributed by atoms with Crippen molar-refractivity contribution in [2.75, 3.05) is 26.7 Å². The monoisotopic (exact) mass is 452 g/mol. The van der Waals surface area contributed by atoms with Gasteiger partial charge < -0.3 is 19.9 Å². The second kappa shape index (κ2) is 10.3. The van der Waals surface area contributed by atoms with Crippen LogP contribution in [0.1, 0.15) is 52.8 Å². The molecule has 2 N–H and O–H groups in total. The maximum Gasteiger partial charge on any atom is 0.219 e. The molecule has 180 valence electrons. The number of ether oxygens (including phenoxy) is 1. The van der Waals surface area contributed by atoms with Crippen molar-refractivity contribution in [3.63, 3.8) is 0 Å². The molecule has 2 heterocycles. The van der Waals surface area contributed by atoms with Gasteiger partial charge >= 0.3 is 0 Å². The van der Waals surface area contributed by atoms with Crippen LogP contribution in [0.15, 0.2) is 29.8 Å². The van der Waals surface area contributed by atoms with Crippen LogP contribution in [-0.2, 0) is 11.2 Å². The molecule has 1 aromatic carbocycles. The van der Waals surface area contributed by atoms with E-state index in [1.807, 2.05) is 23.1 Å². The second-order valence-corrected chi connectivity index (χ2v) is 10.4. The Bertz CT molecular complexity index is 987. The Morgan fingerprint density at radius 3 is 2.73 bits per heavy atom. The standard InChI is InChI=1S/C27H40N4O2/c1-17(2)24-13-20(14-27-29-25-7-6-23(33-5)15-26(25)30-27)18(3)12-21(24)16-28-22-8-10-31(11-9-22)19(4)32/h6-7,12,15,17,20-22,24,28H,8-11,13-14,16H2,1-5H3,(H,29,30)/t20-,21-,24-/m0/s1. The van der Waals surface area contributed by atoms with Crippen molar-refractivity contribution in [3.05, 3.63) is 35.7 Å². The van der Waals surface area contributed by atoms with Gasteiger partial charge in [-0.1, -0.05) is 25.5 Å². The first-order valence-electron chi connectivity index (χ1n) is 12.5. The summed E-state index contributed by atoms with van der Waals surface area (Å²) in [6, 6.07) is 6.54. The molecule has 0 spiro atoms. The van der Waals surface area contributed by atoms with Gasteiger partial charge in [-0.25, -0.2) is 4.98 Å². The first-order valence-corrected chi connectivity index (χ1v) is 12.5. The molecule has 4 rings (SSSR count). The van der Waals surface area contributed by atoms with Gasteiger partial charge in [0.1, 0.15) is 11.6 Å². The Morgan fingerprint density at radius 1 is 1.30 bits per heavy atom. The molecule has 1 aliphatic carbocycles. The number of benzene rings is 1. The topological polar surface area (TPSA) is 70.2 Å². The molecule has 33 heavy (non-hydrogen) atoms. The molecule has 6 heteroatoms. The summed E-state index contributed by atoms with van der Waals surface area (Å²) in [4.78, 5) is 21.9. The number of aromatic amines is 1. The summed E-state index contributed by atoms with van der Waals surface area (Å²) >= 11 is 0. The van der Waals surface area contributed by atoms with E-state index in [-0.39, 0.29) is 5.91 Å². The van der Waals surface area contributed by atoms with Crippen molar-refractivity contribution in [2.45, 2.75) is 59.4 Å². The summed E-state index contributed by atoms with van der Waals surface area (Å²) in [5.41, 5.74) is 3.53. The average Bonchev–Trinajstić information content (AvgIpc) is 3.20. The zero-order chi connectivity index (χ0) is 23.5. The smallest absolute Gasteiger partial charge is 0.219 e. The largest absolute Gasteiger partial charge is 0.497 e. The van der Waals surface area contributed by atoms with Crippen molar-refractivity contribution in [3.8, 4) is 5.75 Å². The maximum atomic E-state index is 11.6. The number of fused-ring (bicyclic) bond motifs is 1. The van der Waals surface area contributed by atoms with Crippen molar-refractivity contribution in [1.82, 2.24) is 20.2 Å². The van der Waals surface area contributed by atoms with Gasteiger partial charge in [-0.3, -0.25) is 4.79 Å². The fourth-order valence-electron chi connectivity index (χ4n) is 5.71. The van der Waals surface area contributed by atoms with Gasteiger partial charge in [0, 0.05) is 45.1 Å². The molecule has 0 radical (unpaired) electrons. The van der Waals surface area contributed by atoms with Crippen LogP contribution in [0.2, 0.25) is 0 Å². The van der Waals surface area contributed by atoms with E-state index in [0.29, 0.717) is 29.7 Å². The predicted octanol–water partition coefficient (Wildman–Crippen LogP) is 4.57. The van der Waals surface area contributed by atoms with Crippen LogP contribution in [0, 0.1) is 23.7 Å². The lowest BCUT2D eigenvalue weighted by atomic mass is 9.69. The molecule has 0 saturated carbocycles. The molecule has 2 aromatic rings. The molecular formula is C27H40N4O2. The second-order valence-electron chi connectivity index (χ2n) is 10.4. The van der Waals surface area contributed by atoms with Gasteiger partial charge in [0.05, 0.1) is 18.1 Å². The van der Waals surface area contributed by atoms with Crippen LogP contribution in [0.4, 0.5) is 0 Å². The third-order valence-electron chi connectivity index (χ3n) is 7.84. The first kappa shape index (κ1) is 23.8. The van der Waals surface area contributed by atoms with Crippen LogP contribution in [0.25, 0.3) is 11.0 Å². The van der Waals surface area contributed by atoms with E-state index in [9.17, 15) is 4.79 Å². The quantitative estimate of drug-likeness (QED) is 0.604. The highest BCUT2D eigenvalue weighted by atomic mass is 16.5. The Hall–Kier alpha value is -2.34. The number of nitrogens with one attached hydrogen (secondary N) is 2. The number of carbonyl (C=O) groups excluding carboxylic acids is 1. The van der Waals surface area contributed by atoms with Crippen LogP contribution in [0.3, 0.4) is 0 Å². The van der Waals surface area contributed by atoms with Crippen LogP contribution in [-0.4, -0.2) is 53.6 Å². The number of methoxy groups -OCH3 is 1. The molecule has 1 aliphatic heterocycles.